The molecule has 1 heterocycles. The largest absolute Gasteiger partial charge is 0.456 e. The summed E-state index contributed by atoms with van der Waals surface area (Å²) >= 11 is 0. The molecule has 0 aliphatic heterocycles. The number of furan rings is 1. The van der Waals surface area contributed by atoms with Crippen LogP contribution in [0.4, 0.5) is 11.4 Å². The van der Waals surface area contributed by atoms with E-state index >= 15 is 0 Å². The number of anilines is 1. The first-order chi connectivity index (χ1) is 10.6. The van der Waals surface area contributed by atoms with Crippen molar-refractivity contribution in [3.05, 3.63) is 58.6 Å². The Kier molecular flexibility index (Phi) is 3.34. The van der Waals surface area contributed by atoms with Gasteiger partial charge in [-0.05, 0) is 24.3 Å². The fraction of sp³-hybridized carbons (Fsp3) is 0.0625. The lowest BCUT2D eigenvalue weighted by Crippen LogP contribution is -2.08. The lowest BCUT2D eigenvalue weighted by Gasteiger charge is -2.06. The summed E-state index contributed by atoms with van der Waals surface area (Å²) < 4.78 is 5.69. The van der Waals surface area contributed by atoms with E-state index < -0.39 is 4.92 Å². The summed E-state index contributed by atoms with van der Waals surface area (Å²) in [5.41, 5.74) is 0.941. The van der Waals surface area contributed by atoms with E-state index in [0.717, 1.165) is 5.39 Å². The normalized spacial score (nSPS) is 10.6. The molecule has 0 radical (unpaired) electrons. The van der Waals surface area contributed by atoms with Crippen molar-refractivity contribution in [2.45, 2.75) is 6.92 Å². The van der Waals surface area contributed by atoms with E-state index in [9.17, 15) is 14.9 Å². The summed E-state index contributed by atoms with van der Waals surface area (Å²) in [4.78, 5) is 22.1. The minimum absolute atomic E-state index is 0.149. The lowest BCUT2D eigenvalue weighted by molar-refractivity contribution is -0.383. The van der Waals surface area contributed by atoms with Gasteiger partial charge >= 0.3 is 5.69 Å². The van der Waals surface area contributed by atoms with Gasteiger partial charge in [-0.2, -0.15) is 0 Å². The Morgan fingerprint density at radius 2 is 1.95 bits per heavy atom. The Hall–Kier alpha value is -3.15. The molecule has 0 atom stereocenters. The molecule has 0 fully saturated rings. The van der Waals surface area contributed by atoms with Gasteiger partial charge in [-0.3, -0.25) is 14.9 Å². The van der Waals surface area contributed by atoms with Gasteiger partial charge in [0, 0.05) is 12.3 Å². The number of hydrogen-bond acceptors (Lipinski definition) is 4. The van der Waals surface area contributed by atoms with Crippen LogP contribution in [0.1, 0.15) is 6.92 Å². The van der Waals surface area contributed by atoms with Crippen LogP contribution >= 0.6 is 0 Å². The number of nitrogens with zero attached hydrogens (tertiary/aromatic N) is 1. The van der Waals surface area contributed by atoms with Crippen molar-refractivity contribution in [1.82, 2.24) is 0 Å². The van der Waals surface area contributed by atoms with Crippen LogP contribution in [0.3, 0.4) is 0 Å². The zero-order valence-corrected chi connectivity index (χ0v) is 11.7. The summed E-state index contributed by atoms with van der Waals surface area (Å²) in [5, 5.41) is 14.8. The summed E-state index contributed by atoms with van der Waals surface area (Å²) in [6.07, 6.45) is 0. The molecule has 110 valence electrons. The third-order valence-corrected chi connectivity index (χ3v) is 3.22. The highest BCUT2D eigenvalue weighted by Gasteiger charge is 2.23. The van der Waals surface area contributed by atoms with Crippen LogP contribution < -0.4 is 5.32 Å². The van der Waals surface area contributed by atoms with Crippen molar-refractivity contribution in [3.8, 4) is 11.3 Å². The molecule has 0 aliphatic carbocycles. The first kappa shape index (κ1) is 13.8. The van der Waals surface area contributed by atoms with Crippen LogP contribution in [0.5, 0.6) is 0 Å². The van der Waals surface area contributed by atoms with Crippen LogP contribution in [0.15, 0.2) is 52.9 Å². The van der Waals surface area contributed by atoms with E-state index in [2.05, 4.69) is 5.32 Å². The van der Waals surface area contributed by atoms with E-state index in [1.165, 1.54) is 13.0 Å². The maximum absolute atomic E-state index is 11.4. The second-order valence-corrected chi connectivity index (χ2v) is 4.79. The Morgan fingerprint density at radius 3 is 2.64 bits per heavy atom. The summed E-state index contributed by atoms with van der Waals surface area (Å²) in [6, 6.07) is 13.8. The molecule has 1 aromatic heterocycles. The van der Waals surface area contributed by atoms with Crippen molar-refractivity contribution in [2.75, 3.05) is 5.32 Å². The number of nitrogens with one attached hydrogen (secondary N) is 1. The lowest BCUT2D eigenvalue weighted by atomic mass is 10.1. The number of carbonyl (C=O) groups excluding carboxylic acids is 1. The molecule has 22 heavy (non-hydrogen) atoms. The standard InChI is InChI=1S/C16H12N2O4/c1-10(19)17-13-7-4-6-12(16(13)18(20)21)15-9-11-5-2-3-8-14(11)22-15/h2-9H,1H3,(H,17,19). The molecule has 0 saturated carbocycles. The zero-order chi connectivity index (χ0) is 15.7. The van der Waals surface area contributed by atoms with Crippen LogP contribution in [-0.2, 0) is 4.79 Å². The third kappa shape index (κ3) is 2.42. The van der Waals surface area contributed by atoms with E-state index in [0.29, 0.717) is 16.9 Å². The quantitative estimate of drug-likeness (QED) is 0.585. The second kappa shape index (κ2) is 5.33. The minimum atomic E-state index is -0.520. The smallest absolute Gasteiger partial charge is 0.303 e. The van der Waals surface area contributed by atoms with Gasteiger partial charge in [0.25, 0.3) is 0 Å². The minimum Gasteiger partial charge on any atom is -0.456 e. The van der Waals surface area contributed by atoms with Crippen molar-refractivity contribution >= 4 is 28.3 Å². The van der Waals surface area contributed by atoms with Gasteiger partial charge < -0.3 is 9.73 Å². The van der Waals surface area contributed by atoms with Crippen LogP contribution in [0.2, 0.25) is 0 Å². The van der Waals surface area contributed by atoms with Crippen molar-refractivity contribution in [2.24, 2.45) is 0 Å². The number of amides is 1. The third-order valence-electron chi connectivity index (χ3n) is 3.22. The van der Waals surface area contributed by atoms with Gasteiger partial charge in [0.05, 0.1) is 10.5 Å². The maximum atomic E-state index is 11.4. The van der Waals surface area contributed by atoms with E-state index in [4.69, 9.17) is 4.42 Å². The predicted octanol–water partition coefficient (Wildman–Crippen LogP) is 3.97. The zero-order valence-electron chi connectivity index (χ0n) is 11.7. The Bertz CT molecular complexity index is 850. The van der Waals surface area contributed by atoms with Gasteiger partial charge in [-0.1, -0.05) is 24.3 Å². The molecule has 0 unspecified atom stereocenters. The van der Waals surface area contributed by atoms with Gasteiger partial charge in [0.2, 0.25) is 5.91 Å². The van der Waals surface area contributed by atoms with E-state index in [1.807, 2.05) is 18.2 Å². The highest BCUT2D eigenvalue weighted by atomic mass is 16.6. The molecule has 3 rings (SSSR count). The van der Waals surface area contributed by atoms with E-state index in [-0.39, 0.29) is 17.3 Å². The predicted molar refractivity (Wildman–Crippen MR) is 82.6 cm³/mol. The number of benzene rings is 2. The number of fused-ring (bicyclic) bond motifs is 1. The van der Waals surface area contributed by atoms with E-state index in [1.54, 1.807) is 24.3 Å². The fourth-order valence-electron chi connectivity index (χ4n) is 2.34. The average Bonchev–Trinajstić information content (AvgIpc) is 2.89. The first-order valence-electron chi connectivity index (χ1n) is 6.60. The van der Waals surface area contributed by atoms with Gasteiger partial charge in [0.15, 0.2) is 0 Å². The number of carbonyl (C=O) groups is 1. The second-order valence-electron chi connectivity index (χ2n) is 4.79. The highest BCUT2D eigenvalue weighted by Crippen LogP contribution is 2.38. The number of nitro groups is 1. The van der Waals surface area contributed by atoms with Crippen LogP contribution in [0.25, 0.3) is 22.3 Å². The molecular weight excluding hydrogens is 284 g/mol. The Morgan fingerprint density at radius 1 is 1.18 bits per heavy atom. The number of para-hydroxylation sites is 2. The summed E-state index contributed by atoms with van der Waals surface area (Å²) in [5.74, 6) is 0.0185. The van der Waals surface area contributed by atoms with Crippen molar-refractivity contribution < 1.29 is 14.1 Å². The molecule has 0 spiro atoms. The molecule has 6 heteroatoms. The number of hydrogen-bond donors (Lipinski definition) is 1. The molecule has 0 saturated heterocycles. The monoisotopic (exact) mass is 296 g/mol. The summed E-state index contributed by atoms with van der Waals surface area (Å²) in [6.45, 7) is 1.30. The Balaban J connectivity index is 2.21. The highest BCUT2D eigenvalue weighted by molar-refractivity contribution is 5.95. The molecule has 2 aromatic carbocycles. The summed E-state index contributed by atoms with van der Waals surface area (Å²) in [7, 11) is 0. The molecule has 1 N–H and O–H groups in total. The van der Waals surface area contributed by atoms with Crippen molar-refractivity contribution in [1.29, 1.82) is 0 Å². The SMILES string of the molecule is CC(=O)Nc1cccc(-c2cc3ccccc3o2)c1[N+](=O)[O-]. The molecule has 1 amide bonds. The van der Waals surface area contributed by atoms with Gasteiger partial charge in [-0.25, -0.2) is 0 Å². The van der Waals surface area contributed by atoms with Crippen molar-refractivity contribution in [3.63, 3.8) is 0 Å². The average molecular weight is 296 g/mol. The molecule has 0 bridgehead atoms. The van der Waals surface area contributed by atoms with Crippen LogP contribution in [-0.4, -0.2) is 10.8 Å². The number of rotatable bonds is 3. The topological polar surface area (TPSA) is 85.4 Å². The Labute approximate surface area is 125 Å². The van der Waals surface area contributed by atoms with Crippen LogP contribution in [0, 0.1) is 10.1 Å². The van der Waals surface area contributed by atoms with Gasteiger partial charge in [-0.15, -0.1) is 0 Å². The molecule has 0 aliphatic rings. The molecule has 3 aromatic rings. The fourth-order valence-corrected chi connectivity index (χ4v) is 2.34. The molecular formula is C16H12N2O4. The molecule has 6 nitrogen and oxygen atoms in total. The van der Waals surface area contributed by atoms with Gasteiger partial charge in [0.1, 0.15) is 17.0 Å². The number of nitro benzene ring substituents is 1. The maximum Gasteiger partial charge on any atom is 0.303 e. The first-order valence-corrected chi connectivity index (χ1v) is 6.60.